The first-order valence-corrected chi connectivity index (χ1v) is 6.18. The summed E-state index contributed by atoms with van der Waals surface area (Å²) in [5, 5.41) is 6.85. The number of methoxy groups -OCH3 is 1. The first kappa shape index (κ1) is 15.2. The summed E-state index contributed by atoms with van der Waals surface area (Å²) in [4.78, 5) is 23.8. The molecular weight excluding hydrogens is 246 g/mol. The van der Waals surface area contributed by atoms with Crippen molar-refractivity contribution in [3.05, 3.63) is 11.4 Å². The molecule has 0 atom stereocenters. The zero-order chi connectivity index (χ0) is 14.8. The van der Waals surface area contributed by atoms with Gasteiger partial charge in [0.2, 0.25) is 5.91 Å². The Labute approximate surface area is 113 Å². The van der Waals surface area contributed by atoms with Gasteiger partial charge in [0.1, 0.15) is 0 Å². The van der Waals surface area contributed by atoms with Crippen molar-refractivity contribution in [3.63, 3.8) is 0 Å². The molecule has 6 nitrogen and oxygen atoms in total. The van der Waals surface area contributed by atoms with Crippen LogP contribution in [0.15, 0.2) is 0 Å². The van der Waals surface area contributed by atoms with E-state index in [2.05, 4.69) is 15.2 Å². The molecule has 0 saturated heterocycles. The van der Waals surface area contributed by atoms with E-state index in [1.54, 1.807) is 18.7 Å². The van der Waals surface area contributed by atoms with Gasteiger partial charge in [0.05, 0.1) is 18.5 Å². The lowest BCUT2D eigenvalue weighted by Gasteiger charge is -2.21. The Bertz CT molecular complexity index is 503. The van der Waals surface area contributed by atoms with E-state index in [1.165, 1.54) is 7.11 Å². The molecule has 1 heterocycles. The lowest BCUT2D eigenvalue weighted by Crippen LogP contribution is -2.30. The van der Waals surface area contributed by atoms with Crippen LogP contribution < -0.4 is 5.32 Å². The van der Waals surface area contributed by atoms with E-state index in [0.29, 0.717) is 17.8 Å². The minimum absolute atomic E-state index is 0.128. The minimum atomic E-state index is -0.562. The van der Waals surface area contributed by atoms with Crippen molar-refractivity contribution in [2.24, 2.45) is 12.5 Å². The fraction of sp³-hybridized carbons (Fsp3) is 0.615. The highest BCUT2D eigenvalue weighted by atomic mass is 16.5. The highest BCUT2D eigenvalue weighted by molar-refractivity contribution is 6.02. The van der Waals surface area contributed by atoms with E-state index in [4.69, 9.17) is 0 Å². The van der Waals surface area contributed by atoms with Crippen LogP contribution in [0, 0.1) is 12.3 Å². The zero-order valence-corrected chi connectivity index (χ0v) is 12.3. The van der Waals surface area contributed by atoms with Gasteiger partial charge in [-0.25, -0.2) is 4.79 Å². The van der Waals surface area contributed by atoms with E-state index >= 15 is 0 Å². The van der Waals surface area contributed by atoms with Crippen LogP contribution in [-0.4, -0.2) is 28.8 Å². The van der Waals surface area contributed by atoms with Gasteiger partial charge < -0.3 is 10.1 Å². The number of hydrogen-bond acceptors (Lipinski definition) is 4. The maximum atomic E-state index is 12.2. The molecule has 0 fully saturated rings. The van der Waals surface area contributed by atoms with Crippen molar-refractivity contribution < 1.29 is 14.3 Å². The number of amides is 1. The Morgan fingerprint density at radius 1 is 1.42 bits per heavy atom. The number of aromatic nitrogens is 2. The Morgan fingerprint density at radius 2 is 2.00 bits per heavy atom. The predicted octanol–water partition coefficient (Wildman–Crippen LogP) is 1.89. The Balaban J connectivity index is 3.14. The van der Waals surface area contributed by atoms with Crippen LogP contribution >= 0.6 is 0 Å². The second kappa shape index (κ2) is 5.42. The van der Waals surface area contributed by atoms with Gasteiger partial charge in [-0.1, -0.05) is 20.8 Å². The lowest BCUT2D eigenvalue weighted by molar-refractivity contribution is -0.124. The van der Waals surface area contributed by atoms with Crippen molar-refractivity contribution >= 4 is 17.6 Å². The Morgan fingerprint density at radius 3 is 2.47 bits per heavy atom. The van der Waals surface area contributed by atoms with Crippen molar-refractivity contribution in [1.82, 2.24) is 9.78 Å². The van der Waals surface area contributed by atoms with E-state index in [9.17, 15) is 9.59 Å². The van der Waals surface area contributed by atoms with Gasteiger partial charge in [0.25, 0.3) is 0 Å². The molecule has 0 spiro atoms. The number of rotatable bonds is 4. The van der Waals surface area contributed by atoms with Crippen molar-refractivity contribution in [2.45, 2.75) is 34.1 Å². The van der Waals surface area contributed by atoms with Crippen LogP contribution in [0.2, 0.25) is 0 Å². The van der Waals surface area contributed by atoms with Crippen LogP contribution in [0.4, 0.5) is 5.69 Å². The fourth-order valence-corrected chi connectivity index (χ4v) is 1.44. The summed E-state index contributed by atoms with van der Waals surface area (Å²) in [6.07, 6.45) is 0.700. The minimum Gasteiger partial charge on any atom is -0.464 e. The van der Waals surface area contributed by atoms with E-state index in [1.807, 2.05) is 20.8 Å². The maximum absolute atomic E-state index is 12.2. The van der Waals surface area contributed by atoms with Crippen LogP contribution in [0.1, 0.15) is 43.4 Å². The van der Waals surface area contributed by atoms with Crippen LogP contribution in [-0.2, 0) is 16.6 Å². The third-order valence-corrected chi connectivity index (χ3v) is 3.45. The molecule has 106 valence electrons. The van der Waals surface area contributed by atoms with Gasteiger partial charge in [-0.15, -0.1) is 0 Å². The summed E-state index contributed by atoms with van der Waals surface area (Å²) in [6, 6.07) is 0. The van der Waals surface area contributed by atoms with Gasteiger partial charge in [-0.3, -0.25) is 9.48 Å². The predicted molar refractivity (Wildman–Crippen MR) is 72.0 cm³/mol. The number of carbonyl (C=O) groups excluding carboxylic acids is 2. The van der Waals surface area contributed by atoms with E-state index in [-0.39, 0.29) is 11.6 Å². The standard InChI is InChI=1S/C13H21N3O3/c1-7-13(3,4)12(18)14-9-8(2)16(5)15-10(9)11(17)19-6/h7H2,1-6H3,(H,14,18). The third kappa shape index (κ3) is 2.94. The largest absolute Gasteiger partial charge is 0.464 e. The first-order valence-electron chi connectivity index (χ1n) is 6.18. The topological polar surface area (TPSA) is 73.2 Å². The van der Waals surface area contributed by atoms with Crippen LogP contribution in [0.5, 0.6) is 0 Å². The highest BCUT2D eigenvalue weighted by Crippen LogP contribution is 2.26. The maximum Gasteiger partial charge on any atom is 0.360 e. The average Bonchev–Trinajstić information content (AvgIpc) is 2.66. The molecule has 0 aliphatic rings. The number of nitrogens with zero attached hydrogens (tertiary/aromatic N) is 2. The Kier molecular flexibility index (Phi) is 4.34. The van der Waals surface area contributed by atoms with E-state index in [0.717, 1.165) is 0 Å². The molecule has 0 radical (unpaired) electrons. The second-order valence-corrected chi connectivity index (χ2v) is 5.12. The number of anilines is 1. The molecule has 0 bridgehead atoms. The smallest absolute Gasteiger partial charge is 0.360 e. The number of esters is 1. The summed E-state index contributed by atoms with van der Waals surface area (Å²) < 4.78 is 6.22. The lowest BCUT2D eigenvalue weighted by atomic mass is 9.89. The first-order chi connectivity index (χ1) is 8.74. The molecular formula is C13H21N3O3. The second-order valence-electron chi connectivity index (χ2n) is 5.12. The van der Waals surface area contributed by atoms with Gasteiger partial charge in [-0.2, -0.15) is 5.10 Å². The Hall–Kier alpha value is -1.85. The molecule has 1 rings (SSSR count). The van der Waals surface area contributed by atoms with Crippen LogP contribution in [0.25, 0.3) is 0 Å². The summed E-state index contributed by atoms with van der Waals surface area (Å²) in [5.74, 6) is -0.704. The molecule has 0 saturated carbocycles. The zero-order valence-electron chi connectivity index (χ0n) is 12.3. The van der Waals surface area contributed by atoms with Gasteiger partial charge in [0, 0.05) is 12.5 Å². The average molecular weight is 267 g/mol. The number of ether oxygens (including phenoxy) is 1. The van der Waals surface area contributed by atoms with Crippen molar-refractivity contribution in [2.75, 3.05) is 12.4 Å². The quantitative estimate of drug-likeness (QED) is 0.845. The highest BCUT2D eigenvalue weighted by Gasteiger charge is 2.29. The molecule has 1 aromatic heterocycles. The summed E-state index contributed by atoms with van der Waals surface area (Å²) in [5.41, 5.74) is 0.750. The van der Waals surface area contributed by atoms with Crippen LogP contribution in [0.3, 0.4) is 0 Å². The molecule has 1 amide bonds. The summed E-state index contributed by atoms with van der Waals surface area (Å²) >= 11 is 0. The van der Waals surface area contributed by atoms with Gasteiger partial charge in [-0.05, 0) is 13.3 Å². The van der Waals surface area contributed by atoms with Gasteiger partial charge in [0.15, 0.2) is 5.69 Å². The van der Waals surface area contributed by atoms with Crippen molar-refractivity contribution in [1.29, 1.82) is 0 Å². The SMILES string of the molecule is CCC(C)(C)C(=O)Nc1c(C(=O)OC)nn(C)c1C. The molecule has 1 N–H and O–H groups in total. The van der Waals surface area contributed by atoms with Crippen molar-refractivity contribution in [3.8, 4) is 0 Å². The number of nitrogens with one attached hydrogen (secondary N) is 1. The number of hydrogen-bond donors (Lipinski definition) is 1. The molecule has 1 aromatic rings. The monoisotopic (exact) mass is 267 g/mol. The van der Waals surface area contributed by atoms with E-state index < -0.39 is 11.4 Å². The molecule has 0 unspecified atom stereocenters. The molecule has 19 heavy (non-hydrogen) atoms. The molecule has 6 heteroatoms. The van der Waals surface area contributed by atoms with Gasteiger partial charge >= 0.3 is 5.97 Å². The molecule has 0 aliphatic carbocycles. The third-order valence-electron chi connectivity index (χ3n) is 3.45. The molecule has 0 aromatic carbocycles. The summed E-state index contributed by atoms with van der Waals surface area (Å²) in [6.45, 7) is 7.43. The number of carbonyl (C=O) groups is 2. The molecule has 0 aliphatic heterocycles. The fourth-order valence-electron chi connectivity index (χ4n) is 1.44. The normalized spacial score (nSPS) is 11.3. The summed E-state index contributed by atoms with van der Waals surface area (Å²) in [7, 11) is 3.00. The number of aryl methyl sites for hydroxylation is 1.